The fraction of sp³-hybridized carbons (Fsp3) is 0.538. The minimum Gasteiger partial charge on any atom is -0.333 e. The molecular formula is C13H19N3S. The number of pyridine rings is 1. The number of hydrogen-bond acceptors (Lipinski definition) is 4. The molecule has 17 heavy (non-hydrogen) atoms. The van der Waals surface area contributed by atoms with Gasteiger partial charge in [0.05, 0.1) is 17.4 Å². The summed E-state index contributed by atoms with van der Waals surface area (Å²) in [5, 5.41) is 4.42. The van der Waals surface area contributed by atoms with E-state index in [1.165, 1.54) is 5.56 Å². The van der Waals surface area contributed by atoms with Crippen LogP contribution in [0.4, 0.5) is 5.69 Å². The molecule has 0 radical (unpaired) electrons. The van der Waals surface area contributed by atoms with Crippen LogP contribution in [-0.4, -0.2) is 21.4 Å². The number of rotatable bonds is 3. The maximum absolute atomic E-state index is 4.83. The molecule has 0 bridgehead atoms. The van der Waals surface area contributed by atoms with Crippen LogP contribution in [-0.2, 0) is 0 Å². The van der Waals surface area contributed by atoms with E-state index in [-0.39, 0.29) is 5.54 Å². The fourth-order valence-corrected chi connectivity index (χ4v) is 3.19. The first kappa shape index (κ1) is 12.4. The van der Waals surface area contributed by atoms with Gasteiger partial charge in [0.25, 0.3) is 0 Å². The first-order chi connectivity index (χ1) is 8.19. The van der Waals surface area contributed by atoms with Gasteiger partial charge < -0.3 is 5.32 Å². The van der Waals surface area contributed by atoms with Crippen molar-refractivity contribution in [3.63, 3.8) is 0 Å². The first-order valence-electron chi connectivity index (χ1n) is 6.09. The Hall–Kier alpha value is -1.03. The van der Waals surface area contributed by atoms with Crippen LogP contribution in [0.2, 0.25) is 0 Å². The summed E-state index contributed by atoms with van der Waals surface area (Å²) in [7, 11) is 0. The summed E-state index contributed by atoms with van der Waals surface area (Å²) >= 11 is 1.81. The monoisotopic (exact) mass is 249 g/mol. The van der Waals surface area contributed by atoms with Crippen molar-refractivity contribution in [3.05, 3.63) is 24.0 Å². The lowest BCUT2D eigenvalue weighted by Gasteiger charge is -2.20. The number of thioether (sulfide) groups is 1. The van der Waals surface area contributed by atoms with Crippen molar-refractivity contribution in [2.45, 2.75) is 39.2 Å². The van der Waals surface area contributed by atoms with E-state index in [0.717, 1.165) is 29.4 Å². The van der Waals surface area contributed by atoms with Gasteiger partial charge in [-0.25, -0.2) is 0 Å². The van der Waals surface area contributed by atoms with Gasteiger partial charge in [0, 0.05) is 11.9 Å². The number of nitrogens with one attached hydrogen (secondary N) is 1. The largest absolute Gasteiger partial charge is 0.333 e. The van der Waals surface area contributed by atoms with Crippen LogP contribution < -0.4 is 5.32 Å². The Morgan fingerprint density at radius 3 is 2.76 bits per heavy atom. The minimum atomic E-state index is 0.142. The molecule has 0 spiro atoms. The van der Waals surface area contributed by atoms with Crippen molar-refractivity contribution >= 4 is 22.6 Å². The summed E-state index contributed by atoms with van der Waals surface area (Å²) in [5.41, 5.74) is 2.40. The molecule has 0 amide bonds. The molecule has 0 atom stereocenters. The lowest BCUT2D eigenvalue weighted by molar-refractivity contribution is 0.456. The third kappa shape index (κ3) is 2.63. The molecule has 0 saturated heterocycles. The highest BCUT2D eigenvalue weighted by Gasteiger charge is 2.32. The SMILES string of the molecule is CCC1(CC)CSC(Nc2cnccc2C)=N1. The second kappa shape index (κ2) is 5.08. The van der Waals surface area contributed by atoms with Crippen molar-refractivity contribution in [3.8, 4) is 0 Å². The summed E-state index contributed by atoms with van der Waals surface area (Å²) in [4.78, 5) is 8.97. The number of anilines is 1. The van der Waals surface area contributed by atoms with E-state index in [1.54, 1.807) is 0 Å². The van der Waals surface area contributed by atoms with Crippen molar-refractivity contribution in [1.82, 2.24) is 4.98 Å². The first-order valence-corrected chi connectivity index (χ1v) is 7.08. The fourth-order valence-electron chi connectivity index (χ4n) is 1.87. The zero-order valence-electron chi connectivity index (χ0n) is 10.7. The van der Waals surface area contributed by atoms with E-state index < -0.39 is 0 Å². The van der Waals surface area contributed by atoms with Crippen LogP contribution in [0, 0.1) is 6.92 Å². The van der Waals surface area contributed by atoms with Gasteiger partial charge in [0.1, 0.15) is 0 Å². The number of hydrogen-bond donors (Lipinski definition) is 1. The topological polar surface area (TPSA) is 37.3 Å². The highest BCUT2D eigenvalue weighted by Crippen LogP contribution is 2.33. The number of aliphatic imine (C=N–C) groups is 1. The third-order valence-corrected chi connectivity index (χ3v) is 4.56. The van der Waals surface area contributed by atoms with Gasteiger partial charge in [-0.15, -0.1) is 0 Å². The Morgan fingerprint density at radius 2 is 2.18 bits per heavy atom. The Morgan fingerprint density at radius 1 is 1.41 bits per heavy atom. The average molecular weight is 249 g/mol. The molecule has 92 valence electrons. The molecule has 1 aromatic heterocycles. The molecule has 0 fully saturated rings. The van der Waals surface area contributed by atoms with Crippen molar-refractivity contribution in [2.75, 3.05) is 11.1 Å². The summed E-state index contributed by atoms with van der Waals surface area (Å²) in [6.07, 6.45) is 5.88. The molecule has 1 N–H and O–H groups in total. The van der Waals surface area contributed by atoms with E-state index in [0.29, 0.717) is 0 Å². The molecule has 2 heterocycles. The molecule has 2 rings (SSSR count). The average Bonchev–Trinajstić information content (AvgIpc) is 2.76. The lowest BCUT2D eigenvalue weighted by atomic mass is 9.97. The lowest BCUT2D eigenvalue weighted by Crippen LogP contribution is -2.24. The van der Waals surface area contributed by atoms with E-state index in [1.807, 2.05) is 30.2 Å². The Kier molecular flexibility index (Phi) is 3.72. The third-order valence-electron chi connectivity index (χ3n) is 3.41. The zero-order valence-corrected chi connectivity index (χ0v) is 11.5. The summed E-state index contributed by atoms with van der Waals surface area (Å²) < 4.78 is 0. The maximum Gasteiger partial charge on any atom is 0.161 e. The Labute approximate surface area is 107 Å². The van der Waals surface area contributed by atoms with Gasteiger partial charge >= 0.3 is 0 Å². The van der Waals surface area contributed by atoms with Crippen LogP contribution in [0.5, 0.6) is 0 Å². The predicted octanol–water partition coefficient (Wildman–Crippen LogP) is 3.46. The van der Waals surface area contributed by atoms with Crippen molar-refractivity contribution < 1.29 is 0 Å². The standard InChI is InChI=1S/C13H19N3S/c1-4-13(5-2)9-17-12(16-13)15-11-8-14-7-6-10(11)3/h6-8H,4-5,9H2,1-3H3,(H,15,16). The number of nitrogens with zero attached hydrogens (tertiary/aromatic N) is 2. The van der Waals surface area contributed by atoms with Crippen LogP contribution in [0.1, 0.15) is 32.3 Å². The molecule has 0 unspecified atom stereocenters. The van der Waals surface area contributed by atoms with Crippen LogP contribution in [0.3, 0.4) is 0 Å². The molecule has 1 aliphatic rings. The molecule has 4 heteroatoms. The second-order valence-corrected chi connectivity index (χ2v) is 5.42. The van der Waals surface area contributed by atoms with Crippen molar-refractivity contribution in [2.24, 2.45) is 4.99 Å². The molecule has 0 aromatic carbocycles. The van der Waals surface area contributed by atoms with Gasteiger partial charge in [0.2, 0.25) is 0 Å². The summed E-state index contributed by atoms with van der Waals surface area (Å²) in [6.45, 7) is 6.51. The number of aromatic nitrogens is 1. The van der Waals surface area contributed by atoms with Crippen LogP contribution in [0.15, 0.2) is 23.5 Å². The molecular weight excluding hydrogens is 230 g/mol. The summed E-state index contributed by atoms with van der Waals surface area (Å²) in [5.74, 6) is 1.08. The van der Waals surface area contributed by atoms with Gasteiger partial charge in [-0.3, -0.25) is 9.98 Å². The second-order valence-electron chi connectivity index (χ2n) is 4.45. The van der Waals surface area contributed by atoms with Gasteiger partial charge in [0.15, 0.2) is 5.17 Å². The predicted molar refractivity (Wildman–Crippen MR) is 75.8 cm³/mol. The van der Waals surface area contributed by atoms with Gasteiger partial charge in [-0.05, 0) is 31.4 Å². The Bertz CT molecular complexity index is 424. The van der Waals surface area contributed by atoms with E-state index in [2.05, 4.69) is 31.1 Å². The number of aryl methyl sites for hydroxylation is 1. The molecule has 1 aliphatic heterocycles. The van der Waals surface area contributed by atoms with Crippen molar-refractivity contribution in [1.29, 1.82) is 0 Å². The quantitative estimate of drug-likeness (QED) is 0.891. The van der Waals surface area contributed by atoms with Crippen LogP contribution >= 0.6 is 11.8 Å². The Balaban J connectivity index is 2.14. The number of amidine groups is 1. The van der Waals surface area contributed by atoms with Gasteiger partial charge in [-0.2, -0.15) is 0 Å². The normalized spacial score (nSPS) is 17.9. The highest BCUT2D eigenvalue weighted by atomic mass is 32.2. The minimum absolute atomic E-state index is 0.142. The maximum atomic E-state index is 4.83. The smallest absolute Gasteiger partial charge is 0.161 e. The van der Waals surface area contributed by atoms with E-state index >= 15 is 0 Å². The highest BCUT2D eigenvalue weighted by molar-refractivity contribution is 8.14. The van der Waals surface area contributed by atoms with E-state index in [4.69, 9.17) is 4.99 Å². The van der Waals surface area contributed by atoms with Gasteiger partial charge in [-0.1, -0.05) is 25.6 Å². The molecule has 0 saturated carbocycles. The van der Waals surface area contributed by atoms with E-state index in [9.17, 15) is 0 Å². The molecule has 0 aliphatic carbocycles. The molecule has 1 aromatic rings. The van der Waals surface area contributed by atoms with Crippen LogP contribution in [0.25, 0.3) is 0 Å². The molecule has 3 nitrogen and oxygen atoms in total. The zero-order chi connectivity index (χ0) is 12.3. The summed E-state index contributed by atoms with van der Waals surface area (Å²) in [6, 6.07) is 2.01.